The Morgan fingerprint density at radius 1 is 1.15 bits per heavy atom. The standard InChI is InChI=1S/C20H18N4O2/c1-13-7-9-15(10-8-13)21-20(26)17-12-19(25)22-18-11-16(23-24(17)18)14-5-3-2-4-6-14/h2-11,17H,12H2,1H3,(H,21,26)(H,22,25). The number of carbonyl (C=O) groups excluding carboxylic acids is 2. The molecule has 26 heavy (non-hydrogen) atoms. The zero-order valence-corrected chi connectivity index (χ0v) is 14.3. The quantitative estimate of drug-likeness (QED) is 0.763. The van der Waals surface area contributed by atoms with Gasteiger partial charge in [-0.15, -0.1) is 0 Å². The molecule has 0 spiro atoms. The van der Waals surface area contributed by atoms with Crippen molar-refractivity contribution < 1.29 is 9.59 Å². The van der Waals surface area contributed by atoms with Gasteiger partial charge in [-0.25, -0.2) is 4.68 Å². The molecule has 4 rings (SSSR count). The topological polar surface area (TPSA) is 76.0 Å². The fourth-order valence-corrected chi connectivity index (χ4v) is 3.00. The Morgan fingerprint density at radius 2 is 1.88 bits per heavy atom. The van der Waals surface area contributed by atoms with E-state index in [4.69, 9.17) is 0 Å². The number of aryl methyl sites for hydroxylation is 1. The van der Waals surface area contributed by atoms with Crippen LogP contribution in [-0.2, 0) is 9.59 Å². The second-order valence-corrected chi connectivity index (χ2v) is 6.35. The molecule has 0 saturated carbocycles. The fraction of sp³-hybridized carbons (Fsp3) is 0.150. The van der Waals surface area contributed by atoms with Crippen LogP contribution in [0.2, 0.25) is 0 Å². The van der Waals surface area contributed by atoms with Crippen LogP contribution in [0.1, 0.15) is 18.0 Å². The van der Waals surface area contributed by atoms with E-state index < -0.39 is 6.04 Å². The first-order valence-electron chi connectivity index (χ1n) is 8.42. The monoisotopic (exact) mass is 346 g/mol. The molecule has 6 heteroatoms. The lowest BCUT2D eigenvalue weighted by Gasteiger charge is -2.23. The van der Waals surface area contributed by atoms with E-state index in [2.05, 4.69) is 15.7 Å². The Morgan fingerprint density at radius 3 is 2.62 bits per heavy atom. The maximum absolute atomic E-state index is 12.8. The molecule has 0 radical (unpaired) electrons. The Bertz CT molecular complexity index is 961. The van der Waals surface area contributed by atoms with E-state index in [1.807, 2.05) is 61.5 Å². The number of nitrogens with one attached hydrogen (secondary N) is 2. The molecule has 0 aliphatic carbocycles. The number of anilines is 2. The highest BCUT2D eigenvalue weighted by molar-refractivity contribution is 6.01. The molecule has 1 aliphatic heterocycles. The molecule has 0 fully saturated rings. The third-order valence-electron chi connectivity index (χ3n) is 4.37. The predicted molar refractivity (Wildman–Crippen MR) is 99.8 cm³/mol. The largest absolute Gasteiger partial charge is 0.324 e. The Labute approximate surface area is 150 Å². The number of hydrogen-bond acceptors (Lipinski definition) is 3. The molecule has 2 aromatic carbocycles. The van der Waals surface area contributed by atoms with Crippen molar-refractivity contribution in [2.75, 3.05) is 10.6 Å². The summed E-state index contributed by atoms with van der Waals surface area (Å²) in [6.45, 7) is 1.98. The Kier molecular flexibility index (Phi) is 4.01. The lowest BCUT2D eigenvalue weighted by molar-refractivity contribution is -0.125. The molecule has 2 N–H and O–H groups in total. The predicted octanol–water partition coefficient (Wildman–Crippen LogP) is 3.38. The number of benzene rings is 2. The van der Waals surface area contributed by atoms with E-state index in [0.717, 1.165) is 16.8 Å². The van der Waals surface area contributed by atoms with Crippen LogP contribution in [-0.4, -0.2) is 21.6 Å². The van der Waals surface area contributed by atoms with Gasteiger partial charge in [0.15, 0.2) is 0 Å². The molecule has 0 bridgehead atoms. The number of hydrogen-bond donors (Lipinski definition) is 2. The first kappa shape index (κ1) is 16.1. The summed E-state index contributed by atoms with van der Waals surface area (Å²) in [4.78, 5) is 24.8. The number of carbonyl (C=O) groups is 2. The molecular formula is C20H18N4O2. The van der Waals surface area contributed by atoms with Gasteiger partial charge >= 0.3 is 0 Å². The maximum Gasteiger partial charge on any atom is 0.249 e. The van der Waals surface area contributed by atoms with Crippen molar-refractivity contribution in [2.24, 2.45) is 0 Å². The zero-order chi connectivity index (χ0) is 18.1. The second kappa shape index (κ2) is 6.48. The van der Waals surface area contributed by atoms with Crippen LogP contribution < -0.4 is 10.6 Å². The lowest BCUT2D eigenvalue weighted by atomic mass is 10.1. The van der Waals surface area contributed by atoms with Crippen molar-refractivity contribution in [3.05, 3.63) is 66.2 Å². The molecule has 1 atom stereocenters. The molecule has 130 valence electrons. The van der Waals surface area contributed by atoms with Crippen molar-refractivity contribution in [1.29, 1.82) is 0 Å². The second-order valence-electron chi connectivity index (χ2n) is 6.35. The van der Waals surface area contributed by atoms with Gasteiger partial charge in [-0.3, -0.25) is 9.59 Å². The number of fused-ring (bicyclic) bond motifs is 1. The van der Waals surface area contributed by atoms with Gasteiger partial charge in [0.2, 0.25) is 11.8 Å². The van der Waals surface area contributed by atoms with Crippen LogP contribution >= 0.6 is 0 Å². The molecule has 2 heterocycles. The van der Waals surface area contributed by atoms with Gasteiger partial charge in [-0.1, -0.05) is 48.0 Å². The molecule has 3 aromatic rings. The van der Waals surface area contributed by atoms with Gasteiger partial charge in [0.05, 0.1) is 12.1 Å². The Hall–Kier alpha value is -3.41. The van der Waals surface area contributed by atoms with Crippen molar-refractivity contribution in [3.63, 3.8) is 0 Å². The molecular weight excluding hydrogens is 328 g/mol. The maximum atomic E-state index is 12.8. The van der Waals surface area contributed by atoms with Crippen molar-refractivity contribution in [1.82, 2.24) is 9.78 Å². The third kappa shape index (κ3) is 3.09. The average molecular weight is 346 g/mol. The van der Waals surface area contributed by atoms with Crippen LogP contribution in [0.5, 0.6) is 0 Å². The summed E-state index contributed by atoms with van der Waals surface area (Å²) in [7, 11) is 0. The molecule has 6 nitrogen and oxygen atoms in total. The SMILES string of the molecule is Cc1ccc(NC(=O)C2CC(=O)Nc3cc(-c4ccccc4)nn32)cc1. The summed E-state index contributed by atoms with van der Waals surface area (Å²) in [5.41, 5.74) is 3.46. The fourth-order valence-electron chi connectivity index (χ4n) is 3.00. The Balaban J connectivity index is 1.64. The van der Waals surface area contributed by atoms with Gasteiger partial charge < -0.3 is 10.6 Å². The molecule has 1 unspecified atom stereocenters. The highest BCUT2D eigenvalue weighted by atomic mass is 16.2. The highest BCUT2D eigenvalue weighted by Gasteiger charge is 2.32. The zero-order valence-electron chi connectivity index (χ0n) is 14.3. The van der Waals surface area contributed by atoms with Crippen LogP contribution in [0.15, 0.2) is 60.7 Å². The van der Waals surface area contributed by atoms with E-state index in [9.17, 15) is 9.59 Å². The summed E-state index contributed by atoms with van der Waals surface area (Å²) < 4.78 is 1.59. The first-order chi connectivity index (χ1) is 12.6. The van der Waals surface area contributed by atoms with Crippen LogP contribution in [0, 0.1) is 6.92 Å². The smallest absolute Gasteiger partial charge is 0.249 e. The number of rotatable bonds is 3. The van der Waals surface area contributed by atoms with Gasteiger partial charge in [0.25, 0.3) is 0 Å². The van der Waals surface area contributed by atoms with E-state index in [1.165, 1.54) is 0 Å². The molecule has 1 aliphatic rings. The number of amides is 2. The summed E-state index contributed by atoms with van der Waals surface area (Å²) in [5.74, 6) is 0.0814. The first-order valence-corrected chi connectivity index (χ1v) is 8.42. The lowest BCUT2D eigenvalue weighted by Crippen LogP contribution is -2.35. The van der Waals surface area contributed by atoms with Crippen molar-refractivity contribution in [2.45, 2.75) is 19.4 Å². The van der Waals surface area contributed by atoms with Crippen LogP contribution in [0.3, 0.4) is 0 Å². The molecule has 1 aromatic heterocycles. The average Bonchev–Trinajstić information content (AvgIpc) is 3.07. The number of nitrogens with zero attached hydrogens (tertiary/aromatic N) is 2. The summed E-state index contributed by atoms with van der Waals surface area (Å²) in [6, 6.07) is 18.3. The third-order valence-corrected chi connectivity index (χ3v) is 4.37. The van der Waals surface area contributed by atoms with E-state index in [1.54, 1.807) is 10.7 Å². The van der Waals surface area contributed by atoms with Crippen LogP contribution in [0.25, 0.3) is 11.3 Å². The van der Waals surface area contributed by atoms with Crippen molar-refractivity contribution >= 4 is 23.3 Å². The van der Waals surface area contributed by atoms with E-state index >= 15 is 0 Å². The van der Waals surface area contributed by atoms with Gasteiger partial charge in [0.1, 0.15) is 11.9 Å². The van der Waals surface area contributed by atoms with Crippen molar-refractivity contribution in [3.8, 4) is 11.3 Å². The molecule has 0 saturated heterocycles. The van der Waals surface area contributed by atoms with Gasteiger partial charge in [-0.2, -0.15) is 5.10 Å². The molecule has 2 amide bonds. The minimum atomic E-state index is -0.683. The van der Waals surface area contributed by atoms with Gasteiger partial charge in [-0.05, 0) is 19.1 Å². The van der Waals surface area contributed by atoms with Gasteiger partial charge in [0, 0.05) is 17.3 Å². The summed E-state index contributed by atoms with van der Waals surface area (Å²) >= 11 is 0. The van der Waals surface area contributed by atoms with Crippen LogP contribution in [0.4, 0.5) is 11.5 Å². The number of aromatic nitrogens is 2. The highest BCUT2D eigenvalue weighted by Crippen LogP contribution is 2.30. The van der Waals surface area contributed by atoms with E-state index in [0.29, 0.717) is 11.5 Å². The minimum absolute atomic E-state index is 0.0562. The summed E-state index contributed by atoms with van der Waals surface area (Å²) in [6.07, 6.45) is 0.0562. The summed E-state index contributed by atoms with van der Waals surface area (Å²) in [5, 5.41) is 10.2. The normalized spacial score (nSPS) is 15.9. The van der Waals surface area contributed by atoms with E-state index in [-0.39, 0.29) is 18.2 Å². The minimum Gasteiger partial charge on any atom is -0.324 e.